The van der Waals surface area contributed by atoms with Gasteiger partial charge in [0, 0.05) is 6.08 Å². The van der Waals surface area contributed by atoms with Gasteiger partial charge in [-0.1, -0.05) is 16.8 Å². The Balaban J connectivity index is 2.56. The van der Waals surface area contributed by atoms with Gasteiger partial charge in [0.05, 0.1) is 0 Å². The molecule has 0 aromatic heterocycles. The maximum atomic E-state index is 13.6. The zero-order valence-electron chi connectivity index (χ0n) is 6.81. The molecule has 1 heterocycles. The molecule has 0 bridgehead atoms. The van der Waals surface area contributed by atoms with E-state index in [-0.39, 0.29) is 6.08 Å². The van der Waals surface area contributed by atoms with Crippen LogP contribution in [0.25, 0.3) is 0 Å². The molecule has 1 spiro atoms. The fourth-order valence-corrected chi connectivity index (χ4v) is 1.42. The first kappa shape index (κ1) is 10.3. The second kappa shape index (κ2) is 2.88. The molecule has 2 aliphatic rings. The molecule has 2 rings (SSSR count). The number of hydrogen-bond donors (Lipinski definition) is 0. The van der Waals surface area contributed by atoms with Gasteiger partial charge >= 0.3 is 10.9 Å². The van der Waals surface area contributed by atoms with Crippen LogP contribution < -0.4 is 0 Å². The normalized spacial score (nSPS) is 39.1. The lowest BCUT2D eigenvalue weighted by Gasteiger charge is -2.33. The molecule has 2 atom stereocenters. The van der Waals surface area contributed by atoms with Crippen LogP contribution in [-0.4, -0.2) is 17.3 Å². The van der Waals surface area contributed by atoms with E-state index in [1.807, 2.05) is 0 Å². The van der Waals surface area contributed by atoms with E-state index in [0.717, 1.165) is 0 Å². The number of rotatable bonds is 0. The Bertz CT molecular complexity index is 396. The molecule has 0 saturated carbocycles. The zero-order valence-corrected chi connectivity index (χ0v) is 7.56. The van der Waals surface area contributed by atoms with Crippen LogP contribution in [-0.2, 0) is 9.57 Å². The van der Waals surface area contributed by atoms with Gasteiger partial charge in [-0.15, -0.1) is 0 Å². The Labute approximate surface area is 85.6 Å². The molecular formula is C7H2ClF4NO2. The smallest absolute Gasteiger partial charge is 0.384 e. The van der Waals surface area contributed by atoms with Crippen LogP contribution in [0.3, 0.4) is 0 Å². The fourth-order valence-electron chi connectivity index (χ4n) is 1.16. The summed E-state index contributed by atoms with van der Waals surface area (Å²) in [6.07, 6.45) is 0.602. The number of ether oxygens (including phenoxy) is 1. The van der Waals surface area contributed by atoms with Gasteiger partial charge in [-0.25, -0.2) is 17.6 Å². The number of nitrogens with zero attached hydrogens (tertiary/aromatic N) is 1. The van der Waals surface area contributed by atoms with Crippen molar-refractivity contribution in [2.75, 3.05) is 0 Å². The molecule has 1 aliphatic heterocycles. The zero-order chi connectivity index (χ0) is 11.3. The summed E-state index contributed by atoms with van der Waals surface area (Å²) in [4.78, 5) is 4.18. The van der Waals surface area contributed by atoms with Gasteiger partial charge < -0.3 is 9.57 Å². The first-order valence-corrected chi connectivity index (χ1v) is 3.98. The molecule has 1 aliphatic carbocycles. The molecule has 3 nitrogen and oxygen atoms in total. The topological polar surface area (TPSA) is 30.8 Å². The largest absolute Gasteiger partial charge is 0.427 e. The average Bonchev–Trinajstić information content (AvgIpc) is 2.64. The number of halogens is 5. The van der Waals surface area contributed by atoms with E-state index in [1.165, 1.54) is 0 Å². The maximum absolute atomic E-state index is 13.6. The highest BCUT2D eigenvalue weighted by Crippen LogP contribution is 2.52. The van der Waals surface area contributed by atoms with Crippen molar-refractivity contribution in [3.63, 3.8) is 0 Å². The van der Waals surface area contributed by atoms with E-state index in [0.29, 0.717) is 6.40 Å². The first-order chi connectivity index (χ1) is 6.92. The summed E-state index contributed by atoms with van der Waals surface area (Å²) < 4.78 is 56.8. The Morgan fingerprint density at radius 3 is 2.53 bits per heavy atom. The molecule has 2 unspecified atom stereocenters. The van der Waals surface area contributed by atoms with Gasteiger partial charge in [-0.3, -0.25) is 0 Å². The summed E-state index contributed by atoms with van der Waals surface area (Å²) in [6, 6.07) is 0. The maximum Gasteiger partial charge on any atom is 0.384 e. The van der Waals surface area contributed by atoms with E-state index in [2.05, 4.69) is 14.7 Å². The van der Waals surface area contributed by atoms with Crippen LogP contribution in [0.15, 0.2) is 28.7 Å². The molecule has 0 aromatic rings. The molecule has 0 radical (unpaired) electrons. The van der Waals surface area contributed by atoms with Crippen LogP contribution >= 0.6 is 11.6 Å². The highest BCUT2D eigenvalue weighted by atomic mass is 35.5. The molecule has 82 valence electrons. The van der Waals surface area contributed by atoms with E-state index < -0.39 is 28.4 Å². The first-order valence-electron chi connectivity index (χ1n) is 3.61. The lowest BCUT2D eigenvalue weighted by molar-refractivity contribution is -0.195. The Morgan fingerprint density at radius 1 is 1.33 bits per heavy atom. The summed E-state index contributed by atoms with van der Waals surface area (Å²) in [7, 11) is 0. The lowest BCUT2D eigenvalue weighted by Crippen LogP contribution is -2.51. The third kappa shape index (κ3) is 1.09. The van der Waals surface area contributed by atoms with E-state index in [1.54, 1.807) is 0 Å². The minimum absolute atomic E-state index is 0.0736. The standard InChI is InChI=1S/C7H2ClF4NO2/c8-6(12)5(11)3(9)1-4(10)7(6)14-2-13-15-7/h1-2H. The fraction of sp³-hybridized carbons (Fsp3) is 0.286. The second-order valence-corrected chi connectivity index (χ2v) is 3.29. The van der Waals surface area contributed by atoms with Gasteiger partial charge in [0.15, 0.2) is 17.5 Å². The van der Waals surface area contributed by atoms with Crippen molar-refractivity contribution < 1.29 is 27.1 Å². The second-order valence-electron chi connectivity index (χ2n) is 2.77. The minimum Gasteiger partial charge on any atom is -0.427 e. The van der Waals surface area contributed by atoms with Crippen molar-refractivity contribution in [3.8, 4) is 0 Å². The van der Waals surface area contributed by atoms with Gasteiger partial charge in [0.2, 0.25) is 6.40 Å². The van der Waals surface area contributed by atoms with E-state index in [9.17, 15) is 17.6 Å². The average molecular weight is 244 g/mol. The van der Waals surface area contributed by atoms with E-state index >= 15 is 0 Å². The predicted molar refractivity (Wildman–Crippen MR) is 41.5 cm³/mol. The van der Waals surface area contributed by atoms with Crippen LogP contribution in [0.1, 0.15) is 0 Å². The number of alkyl halides is 2. The summed E-state index contributed by atoms with van der Waals surface area (Å²) >= 11 is 5.02. The van der Waals surface area contributed by atoms with Gasteiger partial charge in [0.1, 0.15) is 0 Å². The van der Waals surface area contributed by atoms with E-state index in [4.69, 9.17) is 11.6 Å². The molecular weight excluding hydrogens is 242 g/mol. The molecule has 15 heavy (non-hydrogen) atoms. The number of oxime groups is 1. The van der Waals surface area contributed by atoms with Crippen molar-refractivity contribution in [2.24, 2.45) is 5.16 Å². The summed E-state index contributed by atoms with van der Waals surface area (Å²) in [5.74, 6) is -8.28. The highest BCUT2D eigenvalue weighted by Gasteiger charge is 2.68. The van der Waals surface area contributed by atoms with Gasteiger partial charge in [-0.2, -0.15) is 0 Å². The predicted octanol–water partition coefficient (Wildman–Crippen LogP) is 2.60. The van der Waals surface area contributed by atoms with Crippen molar-refractivity contribution in [1.82, 2.24) is 0 Å². The van der Waals surface area contributed by atoms with Crippen LogP contribution in [0, 0.1) is 0 Å². The van der Waals surface area contributed by atoms with Gasteiger partial charge in [0.25, 0.3) is 0 Å². The highest BCUT2D eigenvalue weighted by molar-refractivity contribution is 6.25. The summed E-state index contributed by atoms with van der Waals surface area (Å²) in [6.45, 7) is 0. The Morgan fingerprint density at radius 2 is 2.00 bits per heavy atom. The molecule has 0 aromatic carbocycles. The third-order valence-electron chi connectivity index (χ3n) is 1.91. The quantitative estimate of drug-likeness (QED) is 0.484. The van der Waals surface area contributed by atoms with Crippen molar-refractivity contribution in [3.05, 3.63) is 23.6 Å². The molecule has 0 saturated heterocycles. The molecule has 8 heteroatoms. The molecule has 0 N–H and O–H groups in total. The number of allylic oxidation sites excluding steroid dienone is 2. The minimum atomic E-state index is -3.65. The third-order valence-corrected chi connectivity index (χ3v) is 2.32. The van der Waals surface area contributed by atoms with Crippen LogP contribution in [0.4, 0.5) is 17.6 Å². The van der Waals surface area contributed by atoms with Gasteiger partial charge in [-0.05, 0) is 0 Å². The molecule has 0 fully saturated rings. The van der Waals surface area contributed by atoms with Crippen molar-refractivity contribution in [2.45, 2.75) is 10.9 Å². The molecule has 0 amide bonds. The summed E-state index contributed by atoms with van der Waals surface area (Å²) in [5.41, 5.74) is 0. The Kier molecular flexibility index (Phi) is 1.97. The van der Waals surface area contributed by atoms with Crippen molar-refractivity contribution in [1.29, 1.82) is 0 Å². The SMILES string of the molecule is FC1=CC(F)=C(F)C(F)(Cl)C12OC=NO2. The lowest BCUT2D eigenvalue weighted by atomic mass is 10.0. The summed E-state index contributed by atoms with van der Waals surface area (Å²) in [5, 5.41) is -0.745. The van der Waals surface area contributed by atoms with Crippen LogP contribution in [0.2, 0.25) is 0 Å². The monoisotopic (exact) mass is 243 g/mol. The van der Waals surface area contributed by atoms with Crippen molar-refractivity contribution >= 4 is 18.0 Å². The van der Waals surface area contributed by atoms with Crippen LogP contribution in [0.5, 0.6) is 0 Å². The Hall–Kier alpha value is -1.24. The number of hydrogen-bond acceptors (Lipinski definition) is 3.